The van der Waals surface area contributed by atoms with Gasteiger partial charge >= 0.3 is 0 Å². The fourth-order valence-electron chi connectivity index (χ4n) is 9.88. The lowest BCUT2D eigenvalue weighted by Crippen LogP contribution is -2.08. The van der Waals surface area contributed by atoms with E-state index in [2.05, 4.69) is 190 Å². The Labute approximate surface area is 373 Å². The first kappa shape index (κ1) is 36.5. The van der Waals surface area contributed by atoms with Gasteiger partial charge < -0.3 is 9.13 Å². The van der Waals surface area contributed by atoms with E-state index in [1.54, 1.807) is 0 Å². The summed E-state index contributed by atoms with van der Waals surface area (Å²) in [6, 6.07) is 76.1. The molecular weight excluding hydrogens is 795 g/mol. The van der Waals surface area contributed by atoms with E-state index in [4.69, 9.17) is 15.0 Å². The molecule has 13 rings (SSSR count). The topological polar surface area (TPSA) is 77.2 Å². The number of rotatable bonds is 6. The van der Waals surface area contributed by atoms with Crippen molar-refractivity contribution < 1.29 is 0 Å². The van der Waals surface area contributed by atoms with Crippen LogP contribution in [0.3, 0.4) is 0 Å². The summed E-state index contributed by atoms with van der Waals surface area (Å²) in [5.74, 6) is 1.63. The van der Waals surface area contributed by atoms with E-state index in [1.165, 1.54) is 0 Å². The SMILES string of the molecule is N#Cc1ccc(-c2ccc(-n3c4ccccc4c4ccc5c(c6ccccc6n5-c5ccccc5)c43)c(-c3nc(-c4ccccc4)nc(-n4c5ccccc5c5ccccc54)n3)c2)cc1. The second kappa shape index (κ2) is 14.5. The zero-order valence-electron chi connectivity index (χ0n) is 34.8. The Bertz CT molecular complexity index is 4010. The van der Waals surface area contributed by atoms with Crippen LogP contribution in [0.5, 0.6) is 0 Å². The minimum Gasteiger partial charge on any atom is -0.309 e. The van der Waals surface area contributed by atoms with Crippen LogP contribution in [0, 0.1) is 11.3 Å². The molecule has 4 aromatic heterocycles. The highest BCUT2D eigenvalue weighted by Gasteiger charge is 2.25. The van der Waals surface area contributed by atoms with E-state index >= 15 is 0 Å². The molecule has 9 aromatic carbocycles. The third-order valence-electron chi connectivity index (χ3n) is 12.7. The first-order valence-electron chi connectivity index (χ1n) is 21.7. The summed E-state index contributed by atoms with van der Waals surface area (Å²) in [6.07, 6.45) is 0. The molecule has 0 atom stereocenters. The molecule has 0 saturated heterocycles. The van der Waals surface area contributed by atoms with Gasteiger partial charge in [-0.3, -0.25) is 4.57 Å². The molecule has 0 amide bonds. The quantitative estimate of drug-likeness (QED) is 0.167. The second-order valence-electron chi connectivity index (χ2n) is 16.3. The van der Waals surface area contributed by atoms with Gasteiger partial charge in [-0.15, -0.1) is 0 Å². The molecule has 0 aliphatic rings. The Hall–Kier alpha value is -9.12. The van der Waals surface area contributed by atoms with Crippen LogP contribution in [-0.2, 0) is 0 Å². The van der Waals surface area contributed by atoms with E-state index in [0.29, 0.717) is 23.2 Å². The van der Waals surface area contributed by atoms with E-state index in [-0.39, 0.29) is 0 Å². The minimum atomic E-state index is 0.525. The summed E-state index contributed by atoms with van der Waals surface area (Å²) < 4.78 is 6.95. The molecule has 13 aromatic rings. The van der Waals surface area contributed by atoms with Crippen LogP contribution in [-0.4, -0.2) is 28.7 Å². The van der Waals surface area contributed by atoms with Crippen LogP contribution in [0.25, 0.3) is 117 Å². The largest absolute Gasteiger partial charge is 0.309 e. The van der Waals surface area contributed by atoms with Crippen molar-refractivity contribution in [3.8, 4) is 57.3 Å². The number of nitrogens with zero attached hydrogens (tertiary/aromatic N) is 7. The van der Waals surface area contributed by atoms with Crippen molar-refractivity contribution in [2.45, 2.75) is 0 Å². The Morgan fingerprint density at radius 2 is 0.908 bits per heavy atom. The van der Waals surface area contributed by atoms with Gasteiger partial charge in [0, 0.05) is 49.1 Å². The average Bonchev–Trinajstić information content (AvgIpc) is 4.02. The molecule has 0 fully saturated rings. The van der Waals surface area contributed by atoms with Gasteiger partial charge in [0.05, 0.1) is 50.4 Å². The number of aromatic nitrogens is 6. The molecule has 65 heavy (non-hydrogen) atoms. The molecule has 0 unspecified atom stereocenters. The molecule has 0 saturated carbocycles. The molecule has 7 heteroatoms. The third kappa shape index (κ3) is 5.64. The normalized spacial score (nSPS) is 11.7. The van der Waals surface area contributed by atoms with Crippen LogP contribution >= 0.6 is 0 Å². The maximum absolute atomic E-state index is 9.69. The molecule has 0 bridgehead atoms. The van der Waals surface area contributed by atoms with Gasteiger partial charge in [0.25, 0.3) is 0 Å². The Balaban J connectivity index is 1.17. The van der Waals surface area contributed by atoms with Crippen LogP contribution in [0.15, 0.2) is 212 Å². The van der Waals surface area contributed by atoms with Crippen molar-refractivity contribution in [2.24, 2.45) is 0 Å². The van der Waals surface area contributed by atoms with Crippen molar-refractivity contribution in [1.29, 1.82) is 5.26 Å². The summed E-state index contributed by atoms with van der Waals surface area (Å²) in [4.78, 5) is 16.2. The highest BCUT2D eigenvalue weighted by atomic mass is 15.2. The number of hydrogen-bond donors (Lipinski definition) is 0. The molecule has 0 aliphatic heterocycles. The molecular formula is C58H35N7. The summed E-state index contributed by atoms with van der Waals surface area (Å²) in [5, 5.41) is 16.6. The lowest BCUT2D eigenvalue weighted by Gasteiger charge is -2.17. The lowest BCUT2D eigenvalue weighted by atomic mass is 10.00. The zero-order valence-corrected chi connectivity index (χ0v) is 34.8. The fraction of sp³-hybridized carbons (Fsp3) is 0. The molecule has 4 heterocycles. The van der Waals surface area contributed by atoms with Gasteiger partial charge in [-0.1, -0.05) is 146 Å². The predicted molar refractivity (Wildman–Crippen MR) is 264 cm³/mol. The minimum absolute atomic E-state index is 0.525. The van der Waals surface area contributed by atoms with Crippen LogP contribution in [0.4, 0.5) is 0 Å². The maximum Gasteiger partial charge on any atom is 0.238 e. The second-order valence-corrected chi connectivity index (χ2v) is 16.3. The van der Waals surface area contributed by atoms with Crippen LogP contribution < -0.4 is 0 Å². The van der Waals surface area contributed by atoms with Crippen molar-refractivity contribution in [2.75, 3.05) is 0 Å². The number of benzene rings is 9. The van der Waals surface area contributed by atoms with E-state index in [1.807, 2.05) is 42.5 Å². The van der Waals surface area contributed by atoms with Gasteiger partial charge in [-0.2, -0.15) is 15.2 Å². The number of para-hydroxylation sites is 5. The number of nitriles is 1. The summed E-state index contributed by atoms with van der Waals surface area (Å²) in [6.45, 7) is 0. The summed E-state index contributed by atoms with van der Waals surface area (Å²) in [5.41, 5.74) is 12.7. The molecule has 302 valence electrons. The van der Waals surface area contributed by atoms with Crippen molar-refractivity contribution in [1.82, 2.24) is 28.7 Å². The van der Waals surface area contributed by atoms with E-state index in [9.17, 15) is 5.26 Å². The van der Waals surface area contributed by atoms with Crippen molar-refractivity contribution >= 4 is 65.4 Å². The third-order valence-corrected chi connectivity index (χ3v) is 12.7. The Kier molecular flexibility index (Phi) is 8.14. The first-order chi connectivity index (χ1) is 32.2. The Morgan fingerprint density at radius 1 is 0.369 bits per heavy atom. The molecule has 0 aliphatic carbocycles. The molecule has 0 radical (unpaired) electrons. The van der Waals surface area contributed by atoms with Crippen molar-refractivity contribution in [3.63, 3.8) is 0 Å². The van der Waals surface area contributed by atoms with Gasteiger partial charge in [-0.25, -0.2) is 4.98 Å². The summed E-state index contributed by atoms with van der Waals surface area (Å²) >= 11 is 0. The lowest BCUT2D eigenvalue weighted by molar-refractivity contribution is 0.952. The van der Waals surface area contributed by atoms with Crippen LogP contribution in [0.1, 0.15) is 5.56 Å². The first-order valence-corrected chi connectivity index (χ1v) is 21.7. The van der Waals surface area contributed by atoms with Gasteiger partial charge in [0.15, 0.2) is 11.6 Å². The number of fused-ring (bicyclic) bond motifs is 10. The highest BCUT2D eigenvalue weighted by molar-refractivity contribution is 6.26. The number of hydrogen-bond acceptors (Lipinski definition) is 4. The van der Waals surface area contributed by atoms with E-state index < -0.39 is 0 Å². The van der Waals surface area contributed by atoms with Gasteiger partial charge in [0.2, 0.25) is 5.95 Å². The standard InChI is InChI=1S/C58H35N7/c59-36-37-27-29-38(30-28-37)40-31-33-52(64-48-23-11-9-21-44(48)45-32-34-53-54(55(45)64)46-22-10-14-26-51(46)63(53)41-17-5-2-6-18-41)47(35-40)57-60-56(39-15-3-1-4-16-39)61-58(62-57)65-49-24-12-7-19-42(49)43-20-8-13-25-50(43)65/h1-35H. The molecule has 0 N–H and O–H groups in total. The smallest absolute Gasteiger partial charge is 0.238 e. The van der Waals surface area contributed by atoms with Gasteiger partial charge in [0.1, 0.15) is 0 Å². The Morgan fingerprint density at radius 3 is 1.57 bits per heavy atom. The fourth-order valence-corrected chi connectivity index (χ4v) is 9.88. The molecule has 0 spiro atoms. The van der Waals surface area contributed by atoms with Gasteiger partial charge in [-0.05, 0) is 77.9 Å². The zero-order chi connectivity index (χ0) is 43.0. The van der Waals surface area contributed by atoms with E-state index in [0.717, 1.165) is 99.0 Å². The average molecular weight is 830 g/mol. The van der Waals surface area contributed by atoms with Crippen LogP contribution in [0.2, 0.25) is 0 Å². The monoisotopic (exact) mass is 829 g/mol. The molecule has 7 nitrogen and oxygen atoms in total. The predicted octanol–water partition coefficient (Wildman–Crippen LogP) is 14.0. The summed E-state index contributed by atoms with van der Waals surface area (Å²) in [7, 11) is 0. The highest BCUT2D eigenvalue weighted by Crippen LogP contribution is 2.44. The van der Waals surface area contributed by atoms with Crippen molar-refractivity contribution in [3.05, 3.63) is 218 Å². The maximum atomic E-state index is 9.69.